The number of hydrogen-bond donors (Lipinski definition) is 1. The highest BCUT2D eigenvalue weighted by molar-refractivity contribution is 5.51. The van der Waals surface area contributed by atoms with Crippen molar-refractivity contribution < 1.29 is 14.2 Å². The van der Waals surface area contributed by atoms with Crippen LogP contribution in [-0.4, -0.2) is 26.4 Å². The summed E-state index contributed by atoms with van der Waals surface area (Å²) in [4.78, 5) is 0. The standard InChI is InChI=1S/C24H35NO3/c1-2-3-4-5-6-7-10-21-13-15-22(16-14-21)27-19-17-26-18-20-28-24-12-9-8-11-23(24)25/h8-9,11-16H,2-7,10,17-20,25H2,1H3. The summed E-state index contributed by atoms with van der Waals surface area (Å²) in [7, 11) is 0. The predicted octanol–water partition coefficient (Wildman–Crippen LogP) is 5.65. The van der Waals surface area contributed by atoms with Crippen molar-refractivity contribution in [3.05, 3.63) is 54.1 Å². The van der Waals surface area contributed by atoms with E-state index in [0.29, 0.717) is 37.9 Å². The minimum Gasteiger partial charge on any atom is -0.491 e. The number of para-hydroxylation sites is 2. The molecule has 2 rings (SSSR count). The molecule has 0 saturated carbocycles. The second-order valence-electron chi connectivity index (χ2n) is 7.01. The van der Waals surface area contributed by atoms with Crippen LogP contribution in [0.3, 0.4) is 0 Å². The molecular weight excluding hydrogens is 350 g/mol. The van der Waals surface area contributed by atoms with E-state index in [1.54, 1.807) is 0 Å². The van der Waals surface area contributed by atoms with Gasteiger partial charge in [-0.15, -0.1) is 0 Å². The molecular formula is C24H35NO3. The van der Waals surface area contributed by atoms with E-state index in [1.165, 1.54) is 44.1 Å². The Morgan fingerprint density at radius 2 is 1.39 bits per heavy atom. The number of aryl methyl sites for hydroxylation is 1. The van der Waals surface area contributed by atoms with E-state index in [2.05, 4.69) is 19.1 Å². The molecule has 2 aromatic carbocycles. The molecule has 0 aromatic heterocycles. The molecule has 0 spiro atoms. The van der Waals surface area contributed by atoms with Crippen LogP contribution in [0.5, 0.6) is 11.5 Å². The van der Waals surface area contributed by atoms with Crippen LogP contribution in [0, 0.1) is 0 Å². The Hall–Kier alpha value is -2.20. The number of ether oxygens (including phenoxy) is 3. The zero-order valence-electron chi connectivity index (χ0n) is 17.2. The highest BCUT2D eigenvalue weighted by atomic mass is 16.5. The number of unbranched alkanes of at least 4 members (excludes halogenated alkanes) is 5. The molecule has 2 N–H and O–H groups in total. The van der Waals surface area contributed by atoms with Gasteiger partial charge in [-0.25, -0.2) is 0 Å². The van der Waals surface area contributed by atoms with Crippen LogP contribution in [0.2, 0.25) is 0 Å². The van der Waals surface area contributed by atoms with Crippen LogP contribution in [-0.2, 0) is 11.2 Å². The van der Waals surface area contributed by atoms with E-state index in [0.717, 1.165) is 12.2 Å². The average Bonchev–Trinajstić information content (AvgIpc) is 2.72. The van der Waals surface area contributed by atoms with Crippen molar-refractivity contribution in [3.8, 4) is 11.5 Å². The quantitative estimate of drug-likeness (QED) is 0.318. The van der Waals surface area contributed by atoms with Gasteiger partial charge in [0.15, 0.2) is 0 Å². The van der Waals surface area contributed by atoms with E-state index in [4.69, 9.17) is 19.9 Å². The monoisotopic (exact) mass is 385 g/mol. The molecule has 28 heavy (non-hydrogen) atoms. The first kappa shape index (κ1) is 22.1. The second-order valence-corrected chi connectivity index (χ2v) is 7.01. The first-order valence-electron chi connectivity index (χ1n) is 10.6. The molecule has 4 nitrogen and oxygen atoms in total. The molecule has 0 aliphatic heterocycles. The van der Waals surface area contributed by atoms with E-state index in [1.807, 2.05) is 36.4 Å². The first-order chi connectivity index (χ1) is 13.8. The molecule has 0 aliphatic carbocycles. The minimum absolute atomic E-state index is 0.474. The topological polar surface area (TPSA) is 53.7 Å². The SMILES string of the molecule is CCCCCCCCc1ccc(OCCOCCOc2ccccc2N)cc1. The van der Waals surface area contributed by atoms with Gasteiger partial charge in [0.2, 0.25) is 0 Å². The second kappa shape index (κ2) is 13.9. The zero-order valence-corrected chi connectivity index (χ0v) is 17.2. The summed E-state index contributed by atoms with van der Waals surface area (Å²) < 4.78 is 16.9. The third-order valence-electron chi connectivity index (χ3n) is 4.64. The Labute approximate surface area is 170 Å². The molecule has 0 heterocycles. The molecule has 0 amide bonds. The van der Waals surface area contributed by atoms with Crippen LogP contribution in [0.1, 0.15) is 51.0 Å². The fraction of sp³-hybridized carbons (Fsp3) is 0.500. The van der Waals surface area contributed by atoms with Gasteiger partial charge in [0.25, 0.3) is 0 Å². The Bertz CT molecular complexity index is 643. The molecule has 0 radical (unpaired) electrons. The van der Waals surface area contributed by atoms with Crippen molar-refractivity contribution in [2.24, 2.45) is 0 Å². The van der Waals surface area contributed by atoms with Crippen LogP contribution in [0.15, 0.2) is 48.5 Å². The van der Waals surface area contributed by atoms with Gasteiger partial charge in [-0.1, -0.05) is 63.3 Å². The summed E-state index contributed by atoms with van der Waals surface area (Å²) in [5, 5.41) is 0. The maximum atomic E-state index is 5.82. The van der Waals surface area contributed by atoms with Gasteiger partial charge in [0, 0.05) is 0 Å². The highest BCUT2D eigenvalue weighted by Gasteiger charge is 1.99. The third kappa shape index (κ3) is 9.14. The molecule has 0 fully saturated rings. The van der Waals surface area contributed by atoms with Crippen LogP contribution in [0.25, 0.3) is 0 Å². The summed E-state index contributed by atoms with van der Waals surface area (Å²) in [5.41, 5.74) is 7.85. The van der Waals surface area contributed by atoms with Crippen LogP contribution < -0.4 is 15.2 Å². The lowest BCUT2D eigenvalue weighted by atomic mass is 10.0. The Kier molecular flexibility index (Phi) is 11.0. The van der Waals surface area contributed by atoms with Crippen molar-refractivity contribution in [3.63, 3.8) is 0 Å². The number of benzene rings is 2. The third-order valence-corrected chi connectivity index (χ3v) is 4.64. The number of hydrogen-bond acceptors (Lipinski definition) is 4. The van der Waals surface area contributed by atoms with Gasteiger partial charge in [-0.05, 0) is 42.7 Å². The Morgan fingerprint density at radius 3 is 2.14 bits per heavy atom. The van der Waals surface area contributed by atoms with Crippen molar-refractivity contribution in [2.45, 2.75) is 51.9 Å². The van der Waals surface area contributed by atoms with Crippen molar-refractivity contribution >= 4 is 5.69 Å². The molecule has 4 heteroatoms. The summed E-state index contributed by atoms with van der Waals surface area (Å²) in [6.45, 7) is 4.31. The van der Waals surface area contributed by atoms with Gasteiger partial charge in [-0.3, -0.25) is 0 Å². The number of rotatable bonds is 15. The predicted molar refractivity (Wildman–Crippen MR) is 116 cm³/mol. The lowest BCUT2D eigenvalue weighted by molar-refractivity contribution is 0.0766. The van der Waals surface area contributed by atoms with Crippen LogP contribution in [0.4, 0.5) is 5.69 Å². The molecule has 0 aliphatic rings. The Balaban J connectivity index is 1.49. The van der Waals surface area contributed by atoms with E-state index in [-0.39, 0.29) is 0 Å². The van der Waals surface area contributed by atoms with Gasteiger partial charge in [0.05, 0.1) is 18.9 Å². The molecule has 0 unspecified atom stereocenters. The lowest BCUT2D eigenvalue weighted by Crippen LogP contribution is -2.12. The zero-order chi connectivity index (χ0) is 19.9. The fourth-order valence-corrected chi connectivity index (χ4v) is 3.00. The average molecular weight is 386 g/mol. The minimum atomic E-state index is 0.474. The maximum Gasteiger partial charge on any atom is 0.142 e. The Morgan fingerprint density at radius 1 is 0.714 bits per heavy atom. The maximum absolute atomic E-state index is 5.82. The number of nitrogen functional groups attached to an aromatic ring is 1. The van der Waals surface area contributed by atoms with E-state index >= 15 is 0 Å². The van der Waals surface area contributed by atoms with Gasteiger partial charge in [0.1, 0.15) is 24.7 Å². The van der Waals surface area contributed by atoms with E-state index < -0.39 is 0 Å². The van der Waals surface area contributed by atoms with Gasteiger partial charge in [-0.2, -0.15) is 0 Å². The van der Waals surface area contributed by atoms with Crippen molar-refractivity contribution in [1.29, 1.82) is 0 Å². The lowest BCUT2D eigenvalue weighted by Gasteiger charge is -2.10. The summed E-state index contributed by atoms with van der Waals surface area (Å²) >= 11 is 0. The number of nitrogens with two attached hydrogens (primary N) is 1. The molecule has 0 saturated heterocycles. The normalized spacial score (nSPS) is 10.8. The molecule has 2 aromatic rings. The number of anilines is 1. The largest absolute Gasteiger partial charge is 0.491 e. The first-order valence-corrected chi connectivity index (χ1v) is 10.6. The van der Waals surface area contributed by atoms with Crippen molar-refractivity contribution in [2.75, 3.05) is 32.2 Å². The van der Waals surface area contributed by atoms with Crippen LogP contribution >= 0.6 is 0 Å². The van der Waals surface area contributed by atoms with E-state index in [9.17, 15) is 0 Å². The molecule has 0 atom stereocenters. The van der Waals surface area contributed by atoms with Gasteiger partial charge >= 0.3 is 0 Å². The fourth-order valence-electron chi connectivity index (χ4n) is 3.00. The smallest absolute Gasteiger partial charge is 0.142 e. The summed E-state index contributed by atoms with van der Waals surface area (Å²) in [6.07, 6.45) is 9.16. The molecule has 0 bridgehead atoms. The highest BCUT2D eigenvalue weighted by Crippen LogP contribution is 2.19. The summed E-state index contributed by atoms with van der Waals surface area (Å²) in [5.74, 6) is 1.59. The van der Waals surface area contributed by atoms with Gasteiger partial charge < -0.3 is 19.9 Å². The molecule has 154 valence electrons. The summed E-state index contributed by atoms with van der Waals surface area (Å²) in [6, 6.07) is 15.9. The van der Waals surface area contributed by atoms with Crippen molar-refractivity contribution in [1.82, 2.24) is 0 Å².